The van der Waals surface area contributed by atoms with E-state index >= 15 is 0 Å². The van der Waals surface area contributed by atoms with E-state index in [1.54, 1.807) is 26.0 Å². The normalized spacial score (nSPS) is 15.2. The van der Waals surface area contributed by atoms with Crippen LogP contribution in [0.3, 0.4) is 0 Å². The van der Waals surface area contributed by atoms with Crippen LogP contribution in [0.4, 0.5) is 0 Å². The number of aryl methyl sites for hydroxylation is 3. The molecule has 0 aliphatic carbocycles. The van der Waals surface area contributed by atoms with Gasteiger partial charge in [-0.15, -0.1) is 0 Å². The molecule has 5 rings (SSSR count). The van der Waals surface area contributed by atoms with Crippen LogP contribution in [0, 0.1) is 20.8 Å². The van der Waals surface area contributed by atoms with E-state index in [0.717, 1.165) is 56.4 Å². The van der Waals surface area contributed by atoms with Crippen molar-refractivity contribution in [2.45, 2.75) is 65.7 Å². The number of allylic oxidation sites excluding steroid dienone is 1. The van der Waals surface area contributed by atoms with Gasteiger partial charge in [0.2, 0.25) is 5.91 Å². The van der Waals surface area contributed by atoms with Crippen molar-refractivity contribution in [1.29, 1.82) is 0 Å². The molecule has 3 N–H and O–H groups in total. The number of nitrogens with one attached hydrogen (secondary N) is 2. The molecule has 3 aromatic heterocycles. The summed E-state index contributed by atoms with van der Waals surface area (Å²) in [4.78, 5) is 46.1. The third kappa shape index (κ3) is 9.70. The zero-order valence-corrected chi connectivity index (χ0v) is 34.8. The third-order valence-electron chi connectivity index (χ3n) is 10.8. The molecule has 2 atom stereocenters. The van der Waals surface area contributed by atoms with Gasteiger partial charge in [-0.25, -0.2) is 9.78 Å². The Kier molecular flexibility index (Phi) is 16.2. The van der Waals surface area contributed by atoms with Crippen LogP contribution < -0.4 is 0 Å². The molecule has 305 valence electrons. The predicted molar refractivity (Wildman–Crippen MR) is 217 cm³/mol. The summed E-state index contributed by atoms with van der Waals surface area (Å²) >= 11 is 0. The Labute approximate surface area is 340 Å². The maximum Gasteiger partial charge on any atom is 0.338 e. The van der Waals surface area contributed by atoms with Crippen molar-refractivity contribution in [2.75, 3.05) is 67.0 Å². The first-order valence-electron chi connectivity index (χ1n) is 19.0. The summed E-state index contributed by atoms with van der Waals surface area (Å²) in [5.41, 5.74) is 11.2. The standard InChI is InChI=1S/C43H56N5O7.Co/c1-10-29-25(4)33-22-35-27(6)31(12-3)41(46-35)32(21-39(49)48(8)13-14-53-17-18-55-20-19-54-16-15-52-9)42-40(43(50)51)28(7)36(47-42)24-38-30(11-2)26(5)34(45-38)23-37(29)44-33;/h10,22-24,27,31,44-45H,1,3,11-21H2,2,4-9H3,(H,50,51);/q-1;/t27-,31-;/m0./s1. The molecule has 12 nitrogen and oxygen atoms in total. The second-order valence-electron chi connectivity index (χ2n) is 14.1. The number of fused-ring (bicyclic) bond motifs is 8. The minimum absolute atomic E-state index is 0. The Hall–Kier alpha value is -4.11. The van der Waals surface area contributed by atoms with Crippen LogP contribution in [0.25, 0.3) is 39.3 Å². The average Bonchev–Trinajstić information content (AvgIpc) is 3.85. The molecule has 0 fully saturated rings. The number of amides is 1. The van der Waals surface area contributed by atoms with Gasteiger partial charge in [0.05, 0.1) is 69.6 Å². The van der Waals surface area contributed by atoms with E-state index in [2.05, 4.69) is 63.3 Å². The van der Waals surface area contributed by atoms with E-state index in [1.807, 2.05) is 12.1 Å². The first-order valence-corrected chi connectivity index (χ1v) is 19.0. The third-order valence-corrected chi connectivity index (χ3v) is 10.8. The van der Waals surface area contributed by atoms with Crippen molar-refractivity contribution in [3.63, 3.8) is 0 Å². The van der Waals surface area contributed by atoms with Crippen molar-refractivity contribution < 1.29 is 50.4 Å². The van der Waals surface area contributed by atoms with E-state index in [1.165, 1.54) is 0 Å². The van der Waals surface area contributed by atoms with Crippen LogP contribution in [-0.4, -0.2) is 109 Å². The Morgan fingerprint density at radius 3 is 2.14 bits per heavy atom. The number of nitrogens with zero attached hydrogens (tertiary/aromatic N) is 3. The fraction of sp³-hybridized carbons (Fsp3) is 0.465. The first-order chi connectivity index (χ1) is 26.4. The molecule has 0 saturated carbocycles. The monoisotopic (exact) mass is 813 g/mol. The molecule has 13 heteroatoms. The van der Waals surface area contributed by atoms with Gasteiger partial charge in [0, 0.05) is 88.0 Å². The molecule has 8 bridgehead atoms. The van der Waals surface area contributed by atoms with Crippen molar-refractivity contribution >= 4 is 51.2 Å². The van der Waals surface area contributed by atoms with Crippen molar-refractivity contribution in [2.24, 2.45) is 0 Å². The number of carboxylic acids is 1. The summed E-state index contributed by atoms with van der Waals surface area (Å²) in [6.45, 7) is 21.9. The van der Waals surface area contributed by atoms with Crippen LogP contribution in [0.5, 0.6) is 0 Å². The molecule has 1 radical (unpaired) electrons. The van der Waals surface area contributed by atoms with E-state index in [-0.39, 0.29) is 52.2 Å². The number of aromatic nitrogens is 4. The van der Waals surface area contributed by atoms with Gasteiger partial charge in [-0.1, -0.05) is 26.5 Å². The summed E-state index contributed by atoms with van der Waals surface area (Å²) < 4.78 is 21.7. The molecule has 2 aliphatic heterocycles. The van der Waals surface area contributed by atoms with Gasteiger partial charge in [0.1, 0.15) is 0 Å². The number of aliphatic carboxylic acids is 1. The summed E-state index contributed by atoms with van der Waals surface area (Å²) in [5.74, 6) is -1.55. The number of methoxy groups -OCH3 is 1. The van der Waals surface area contributed by atoms with E-state index in [4.69, 9.17) is 28.9 Å². The summed E-state index contributed by atoms with van der Waals surface area (Å²) in [5, 5.41) is 10.7. The topological polar surface area (TPSA) is 152 Å². The number of H-pyrrole nitrogens is 2. The van der Waals surface area contributed by atoms with Crippen molar-refractivity contribution in [3.05, 3.63) is 82.3 Å². The number of carbonyl (C=O) groups is 2. The van der Waals surface area contributed by atoms with E-state index in [9.17, 15) is 14.7 Å². The van der Waals surface area contributed by atoms with E-state index in [0.29, 0.717) is 81.7 Å². The number of likely N-dealkylation sites (N-methyl/N-ethyl adjacent to an activating group) is 1. The van der Waals surface area contributed by atoms with Crippen LogP contribution in [0.1, 0.15) is 89.6 Å². The molecule has 0 unspecified atom stereocenters. The summed E-state index contributed by atoms with van der Waals surface area (Å²) in [6.07, 6.45) is 3.02. The maximum atomic E-state index is 14.0. The SMILES string of the molecule is C=Cc1c(C)c2cc3nc(c(CC(=O)N(C)CCOCCOCCOCCOC)c4nc(cc5[nH]c(cc1[nH]2)c(C)c5CC)C(C)=C4C(=O)O)[C@@H](C[CH2-])[C@@H]3C.[Co]. The largest absolute Gasteiger partial charge is 0.478 e. The number of ether oxygens (including phenoxy) is 4. The van der Waals surface area contributed by atoms with Gasteiger partial charge >= 0.3 is 5.97 Å². The molecule has 0 spiro atoms. The molecule has 5 heterocycles. The van der Waals surface area contributed by atoms with Gasteiger partial charge < -0.3 is 45.8 Å². The Morgan fingerprint density at radius 1 is 0.911 bits per heavy atom. The average molecular weight is 814 g/mol. The first kappa shape index (κ1) is 44.6. The van der Waals surface area contributed by atoms with Crippen LogP contribution in [0.2, 0.25) is 0 Å². The number of hydrogen-bond donors (Lipinski definition) is 3. The van der Waals surface area contributed by atoms with Crippen molar-refractivity contribution in [3.8, 4) is 0 Å². The number of aromatic amines is 2. The second kappa shape index (κ2) is 20.3. The molecule has 1 amide bonds. The second-order valence-corrected chi connectivity index (χ2v) is 14.1. The fourth-order valence-electron chi connectivity index (χ4n) is 7.39. The molecular weight excluding hydrogens is 757 g/mol. The number of carboxylic acid groups (broad SMARTS) is 1. The maximum absolute atomic E-state index is 14.0. The zero-order chi connectivity index (χ0) is 39.8. The van der Waals surface area contributed by atoms with Gasteiger partial charge in [-0.2, -0.15) is 6.42 Å². The smallest absolute Gasteiger partial charge is 0.338 e. The number of carbonyl (C=O) groups excluding carboxylic acids is 1. The predicted octanol–water partition coefficient (Wildman–Crippen LogP) is 6.96. The van der Waals surface area contributed by atoms with Gasteiger partial charge in [-0.05, 0) is 73.6 Å². The molecular formula is C43H56CoN5O7-. The molecule has 2 aliphatic rings. The van der Waals surface area contributed by atoms with E-state index < -0.39 is 5.97 Å². The summed E-state index contributed by atoms with van der Waals surface area (Å²) in [6, 6.07) is 6.08. The Balaban J connectivity index is 0.00000696. The molecule has 3 aromatic rings. The minimum Gasteiger partial charge on any atom is -0.478 e. The summed E-state index contributed by atoms with van der Waals surface area (Å²) in [7, 11) is 3.35. The van der Waals surface area contributed by atoms with Gasteiger partial charge in [-0.3, -0.25) is 9.78 Å². The number of rotatable bonds is 18. The van der Waals surface area contributed by atoms with Gasteiger partial charge in [0.15, 0.2) is 0 Å². The number of hydrogen-bond acceptors (Lipinski definition) is 8. The zero-order valence-electron chi connectivity index (χ0n) is 33.7. The Morgan fingerprint density at radius 2 is 1.54 bits per heavy atom. The fourth-order valence-corrected chi connectivity index (χ4v) is 7.39. The van der Waals surface area contributed by atoms with Crippen LogP contribution >= 0.6 is 0 Å². The quantitative estimate of drug-likeness (QED) is 0.0915. The minimum atomic E-state index is -1.11. The molecule has 0 aromatic carbocycles. The van der Waals surface area contributed by atoms with Crippen LogP contribution in [0.15, 0.2) is 24.8 Å². The van der Waals surface area contributed by atoms with Crippen LogP contribution in [-0.2, 0) is 58.2 Å². The Bertz CT molecular complexity index is 2100. The molecule has 56 heavy (non-hydrogen) atoms. The molecule has 0 saturated heterocycles. The van der Waals surface area contributed by atoms with Crippen molar-refractivity contribution in [1.82, 2.24) is 24.8 Å². The van der Waals surface area contributed by atoms with Gasteiger partial charge in [0.25, 0.3) is 0 Å².